The molecule has 3 N–H and O–H groups in total. The summed E-state index contributed by atoms with van der Waals surface area (Å²) in [4.78, 5) is 11.1. The minimum atomic E-state index is -0.00345. The number of hydrogen-bond donors (Lipinski definition) is 2. The Labute approximate surface area is 118 Å². The van der Waals surface area contributed by atoms with E-state index < -0.39 is 0 Å². The van der Waals surface area contributed by atoms with E-state index in [0.717, 1.165) is 31.0 Å². The van der Waals surface area contributed by atoms with Crippen LogP contribution in [0.2, 0.25) is 0 Å². The van der Waals surface area contributed by atoms with E-state index in [2.05, 4.69) is 28.7 Å². The van der Waals surface area contributed by atoms with Crippen molar-refractivity contribution in [1.82, 2.24) is 9.97 Å². The van der Waals surface area contributed by atoms with Crippen molar-refractivity contribution in [2.45, 2.75) is 31.9 Å². The van der Waals surface area contributed by atoms with Crippen molar-refractivity contribution in [1.29, 1.82) is 5.41 Å². The highest BCUT2D eigenvalue weighted by Gasteiger charge is 2.25. The van der Waals surface area contributed by atoms with Crippen LogP contribution >= 0.6 is 11.8 Å². The number of nitrogens with one attached hydrogen (secondary N) is 1. The Morgan fingerprint density at radius 2 is 2.16 bits per heavy atom. The quantitative estimate of drug-likeness (QED) is 0.637. The van der Waals surface area contributed by atoms with Gasteiger partial charge >= 0.3 is 0 Å². The van der Waals surface area contributed by atoms with E-state index in [9.17, 15) is 0 Å². The Bertz CT molecular complexity index is 486. The highest BCUT2D eigenvalue weighted by molar-refractivity contribution is 8.00. The predicted molar refractivity (Wildman–Crippen MR) is 81.2 cm³/mol. The van der Waals surface area contributed by atoms with Crippen molar-refractivity contribution in [3.8, 4) is 0 Å². The lowest BCUT2D eigenvalue weighted by molar-refractivity contribution is 0.631. The summed E-state index contributed by atoms with van der Waals surface area (Å²) in [5.74, 6) is 1.76. The van der Waals surface area contributed by atoms with Crippen molar-refractivity contribution in [3.05, 3.63) is 17.5 Å². The normalized spacial score (nSPS) is 19.0. The zero-order valence-corrected chi connectivity index (χ0v) is 12.5. The molecule has 1 aliphatic heterocycles. The molecule has 0 spiro atoms. The van der Waals surface area contributed by atoms with Crippen LogP contribution in [0.3, 0.4) is 0 Å². The molecule has 1 aliphatic rings. The molecule has 2 rings (SSSR count). The number of nitrogens with zero attached hydrogens (tertiary/aromatic N) is 3. The maximum atomic E-state index is 7.51. The molecule has 5 nitrogen and oxygen atoms in total. The number of nitrogen functional groups attached to an aromatic ring is 1. The monoisotopic (exact) mass is 279 g/mol. The fourth-order valence-electron chi connectivity index (χ4n) is 2.05. The van der Waals surface area contributed by atoms with Crippen LogP contribution in [0.25, 0.3) is 0 Å². The Morgan fingerprint density at radius 1 is 1.42 bits per heavy atom. The van der Waals surface area contributed by atoms with Gasteiger partial charge in [-0.2, -0.15) is 11.8 Å². The predicted octanol–water partition coefficient (Wildman–Crippen LogP) is 1.79. The molecule has 1 saturated heterocycles. The van der Waals surface area contributed by atoms with Gasteiger partial charge in [-0.05, 0) is 19.4 Å². The lowest BCUT2D eigenvalue weighted by Gasteiger charge is -2.23. The van der Waals surface area contributed by atoms with Gasteiger partial charge < -0.3 is 10.6 Å². The Hall–Kier alpha value is -1.30. The SMILES string of the molecule is Cc1cc(C(=N)N)nc(N2CCSC(C)(C)CC2)n1. The second kappa shape index (κ2) is 5.36. The molecule has 1 aromatic heterocycles. The number of rotatable bonds is 2. The molecule has 1 aromatic rings. The Balaban J connectivity index is 2.24. The molecule has 0 unspecified atom stereocenters. The molecule has 0 amide bonds. The molecule has 0 radical (unpaired) electrons. The first-order valence-corrected chi connectivity index (χ1v) is 7.45. The maximum Gasteiger partial charge on any atom is 0.226 e. The van der Waals surface area contributed by atoms with Gasteiger partial charge in [0.05, 0.1) is 0 Å². The van der Waals surface area contributed by atoms with Crippen molar-refractivity contribution >= 4 is 23.5 Å². The fourth-order valence-corrected chi connectivity index (χ4v) is 3.15. The van der Waals surface area contributed by atoms with Crippen LogP contribution in [0.4, 0.5) is 5.95 Å². The van der Waals surface area contributed by atoms with Crippen molar-refractivity contribution in [3.63, 3.8) is 0 Å². The van der Waals surface area contributed by atoms with Crippen LogP contribution in [0.1, 0.15) is 31.7 Å². The van der Waals surface area contributed by atoms with Crippen LogP contribution < -0.4 is 10.6 Å². The summed E-state index contributed by atoms with van der Waals surface area (Å²) < 4.78 is 0.308. The Kier molecular flexibility index (Phi) is 3.99. The van der Waals surface area contributed by atoms with E-state index in [1.165, 1.54) is 0 Å². The van der Waals surface area contributed by atoms with E-state index in [0.29, 0.717) is 16.4 Å². The number of aryl methyl sites for hydroxylation is 1. The first-order chi connectivity index (χ1) is 8.87. The zero-order valence-electron chi connectivity index (χ0n) is 11.7. The smallest absolute Gasteiger partial charge is 0.226 e. The molecule has 0 aliphatic carbocycles. The highest BCUT2D eigenvalue weighted by atomic mass is 32.2. The summed E-state index contributed by atoms with van der Waals surface area (Å²) in [5, 5.41) is 7.51. The van der Waals surface area contributed by atoms with Gasteiger partial charge in [-0.25, -0.2) is 9.97 Å². The average Bonchev–Trinajstić information content (AvgIpc) is 2.49. The third-order valence-corrected chi connectivity index (χ3v) is 4.61. The second-order valence-corrected chi connectivity index (χ2v) is 7.26. The van der Waals surface area contributed by atoms with E-state index >= 15 is 0 Å². The summed E-state index contributed by atoms with van der Waals surface area (Å²) in [5.41, 5.74) is 6.89. The molecular weight excluding hydrogens is 258 g/mol. The Morgan fingerprint density at radius 3 is 2.84 bits per heavy atom. The first kappa shape index (κ1) is 14.1. The van der Waals surface area contributed by atoms with Crippen LogP contribution in [0.15, 0.2) is 6.07 Å². The van der Waals surface area contributed by atoms with E-state index in [-0.39, 0.29) is 5.84 Å². The second-order valence-electron chi connectivity index (χ2n) is 5.45. The summed E-state index contributed by atoms with van der Waals surface area (Å²) in [6, 6.07) is 1.75. The number of hydrogen-bond acceptors (Lipinski definition) is 5. The number of aromatic nitrogens is 2. The first-order valence-electron chi connectivity index (χ1n) is 6.46. The third kappa shape index (κ3) is 3.59. The summed E-state index contributed by atoms with van der Waals surface area (Å²) in [6.07, 6.45) is 1.10. The van der Waals surface area contributed by atoms with Gasteiger partial charge in [0.15, 0.2) is 0 Å². The number of anilines is 1. The minimum Gasteiger partial charge on any atom is -0.382 e. The van der Waals surface area contributed by atoms with Crippen LogP contribution in [0, 0.1) is 12.3 Å². The molecular formula is C13H21N5S. The topological polar surface area (TPSA) is 78.9 Å². The molecule has 1 fully saturated rings. The van der Waals surface area contributed by atoms with E-state index in [1.807, 2.05) is 18.7 Å². The molecule has 2 heterocycles. The molecule has 0 atom stereocenters. The summed E-state index contributed by atoms with van der Waals surface area (Å²) >= 11 is 1.99. The lowest BCUT2D eigenvalue weighted by Crippen LogP contribution is -2.29. The maximum absolute atomic E-state index is 7.51. The van der Waals surface area contributed by atoms with Gasteiger partial charge in [0.25, 0.3) is 0 Å². The van der Waals surface area contributed by atoms with Crippen molar-refractivity contribution in [2.75, 3.05) is 23.7 Å². The minimum absolute atomic E-state index is 0.00345. The molecule has 0 saturated carbocycles. The van der Waals surface area contributed by atoms with Gasteiger partial charge in [-0.15, -0.1) is 0 Å². The molecule has 104 valence electrons. The van der Waals surface area contributed by atoms with Crippen molar-refractivity contribution < 1.29 is 0 Å². The molecule has 6 heteroatoms. The number of thioether (sulfide) groups is 1. The molecule has 19 heavy (non-hydrogen) atoms. The van der Waals surface area contributed by atoms with Gasteiger partial charge in [0.2, 0.25) is 5.95 Å². The summed E-state index contributed by atoms with van der Waals surface area (Å²) in [6.45, 7) is 8.35. The third-order valence-electron chi connectivity index (χ3n) is 3.24. The average molecular weight is 279 g/mol. The van der Waals surface area contributed by atoms with Crippen molar-refractivity contribution in [2.24, 2.45) is 5.73 Å². The number of amidine groups is 1. The lowest BCUT2D eigenvalue weighted by atomic mass is 10.1. The van der Waals surface area contributed by atoms with Gasteiger partial charge in [-0.1, -0.05) is 13.8 Å². The van der Waals surface area contributed by atoms with Gasteiger partial charge in [-0.3, -0.25) is 5.41 Å². The summed E-state index contributed by atoms with van der Waals surface area (Å²) in [7, 11) is 0. The molecule has 0 bridgehead atoms. The largest absolute Gasteiger partial charge is 0.382 e. The van der Waals surface area contributed by atoms with Crippen LogP contribution in [0.5, 0.6) is 0 Å². The number of nitrogens with two attached hydrogens (primary N) is 1. The fraction of sp³-hybridized carbons (Fsp3) is 0.615. The van der Waals surface area contributed by atoms with Crippen LogP contribution in [-0.2, 0) is 0 Å². The van der Waals surface area contributed by atoms with Gasteiger partial charge in [0.1, 0.15) is 11.5 Å². The standard InChI is InChI=1S/C13H21N5S/c1-9-8-10(11(14)15)17-12(16-9)18-5-4-13(2,3)19-7-6-18/h8H,4-7H2,1-3H3,(H3,14,15). The van der Waals surface area contributed by atoms with Gasteiger partial charge in [0, 0.05) is 29.3 Å². The zero-order chi connectivity index (χ0) is 14.0. The molecule has 0 aromatic carbocycles. The van der Waals surface area contributed by atoms with E-state index in [4.69, 9.17) is 11.1 Å². The van der Waals surface area contributed by atoms with E-state index in [1.54, 1.807) is 6.07 Å². The highest BCUT2D eigenvalue weighted by Crippen LogP contribution is 2.31. The van der Waals surface area contributed by atoms with Crippen LogP contribution in [-0.4, -0.2) is 39.4 Å².